The van der Waals surface area contributed by atoms with Crippen LogP contribution in [0.3, 0.4) is 0 Å². The number of carbonyl (C=O) groups is 2. The van der Waals surface area contributed by atoms with Gasteiger partial charge < -0.3 is 20.3 Å². The van der Waals surface area contributed by atoms with Crippen molar-refractivity contribution >= 4 is 23.3 Å². The van der Waals surface area contributed by atoms with Crippen LogP contribution in [0, 0.1) is 6.92 Å². The van der Waals surface area contributed by atoms with E-state index in [0.717, 1.165) is 11.3 Å². The lowest BCUT2D eigenvalue weighted by atomic mass is 10.4. The van der Waals surface area contributed by atoms with Crippen LogP contribution in [0.1, 0.15) is 26.1 Å². The number of carboxylic acid groups (broad SMARTS) is 1. The summed E-state index contributed by atoms with van der Waals surface area (Å²) >= 11 is 1.04. The summed E-state index contributed by atoms with van der Waals surface area (Å²) < 4.78 is 4.82. The predicted octanol–water partition coefficient (Wildman–Crippen LogP) is 1.14. The van der Waals surface area contributed by atoms with Crippen LogP contribution in [-0.4, -0.2) is 27.2 Å². The van der Waals surface area contributed by atoms with Crippen molar-refractivity contribution in [2.75, 3.05) is 0 Å². The van der Waals surface area contributed by atoms with Crippen molar-refractivity contribution in [1.29, 1.82) is 0 Å². The fraction of sp³-hybridized carbons (Fsp3) is 0.273. The van der Waals surface area contributed by atoms with Crippen LogP contribution in [0.5, 0.6) is 0 Å². The number of carbonyl (C=O) groups excluding carboxylic acids is 1. The van der Waals surface area contributed by atoms with Crippen molar-refractivity contribution in [3.63, 3.8) is 0 Å². The van der Waals surface area contributed by atoms with E-state index in [-0.39, 0.29) is 18.0 Å². The summed E-state index contributed by atoms with van der Waals surface area (Å²) in [6.07, 6.45) is 1.49. The molecule has 0 spiro atoms. The molecule has 20 heavy (non-hydrogen) atoms. The fourth-order valence-electron chi connectivity index (χ4n) is 1.45. The molecule has 0 bridgehead atoms. The molecule has 0 saturated heterocycles. The van der Waals surface area contributed by atoms with Gasteiger partial charge in [-0.3, -0.25) is 0 Å². The van der Waals surface area contributed by atoms with E-state index in [4.69, 9.17) is 9.63 Å². The van der Waals surface area contributed by atoms with Gasteiger partial charge >= 0.3 is 12.0 Å². The first-order valence-electron chi connectivity index (χ1n) is 5.67. The van der Waals surface area contributed by atoms with Gasteiger partial charge in [-0.05, 0) is 6.92 Å². The minimum Gasteiger partial charge on any atom is -0.477 e. The minimum atomic E-state index is -1.01. The van der Waals surface area contributed by atoms with Gasteiger partial charge in [0, 0.05) is 6.07 Å². The van der Waals surface area contributed by atoms with E-state index in [0.29, 0.717) is 16.5 Å². The van der Waals surface area contributed by atoms with Crippen LogP contribution < -0.4 is 10.6 Å². The first-order valence-corrected chi connectivity index (χ1v) is 6.48. The van der Waals surface area contributed by atoms with Gasteiger partial charge in [-0.2, -0.15) is 0 Å². The van der Waals surface area contributed by atoms with Gasteiger partial charge in [-0.1, -0.05) is 5.16 Å². The monoisotopic (exact) mass is 296 g/mol. The van der Waals surface area contributed by atoms with Crippen LogP contribution in [0.15, 0.2) is 16.8 Å². The average molecular weight is 296 g/mol. The van der Waals surface area contributed by atoms with Crippen molar-refractivity contribution in [2.24, 2.45) is 0 Å². The molecule has 0 aliphatic rings. The lowest BCUT2D eigenvalue weighted by molar-refractivity contribution is 0.0701. The zero-order chi connectivity index (χ0) is 14.5. The van der Waals surface area contributed by atoms with E-state index < -0.39 is 12.0 Å². The van der Waals surface area contributed by atoms with Crippen molar-refractivity contribution in [3.05, 3.63) is 33.6 Å². The maximum absolute atomic E-state index is 11.5. The Hall–Kier alpha value is -2.42. The lowest BCUT2D eigenvalue weighted by Crippen LogP contribution is -2.34. The number of amides is 2. The summed E-state index contributed by atoms with van der Waals surface area (Å²) in [5.74, 6) is -0.473. The summed E-state index contributed by atoms with van der Waals surface area (Å²) in [7, 11) is 0. The molecule has 0 atom stereocenters. The molecule has 9 heteroatoms. The maximum Gasteiger partial charge on any atom is 0.347 e. The molecule has 0 fully saturated rings. The third kappa shape index (κ3) is 3.54. The van der Waals surface area contributed by atoms with Gasteiger partial charge in [-0.15, -0.1) is 11.3 Å². The molecule has 8 nitrogen and oxygen atoms in total. The highest BCUT2D eigenvalue weighted by Gasteiger charge is 2.14. The Morgan fingerprint density at radius 2 is 2.15 bits per heavy atom. The molecule has 0 unspecified atom stereocenters. The van der Waals surface area contributed by atoms with Gasteiger partial charge in [0.25, 0.3) is 0 Å². The van der Waals surface area contributed by atoms with Crippen molar-refractivity contribution in [3.8, 4) is 0 Å². The Balaban J connectivity index is 1.81. The van der Waals surface area contributed by atoms with Crippen molar-refractivity contribution in [1.82, 2.24) is 20.8 Å². The largest absolute Gasteiger partial charge is 0.477 e. The third-order valence-corrected chi connectivity index (χ3v) is 3.50. The van der Waals surface area contributed by atoms with Crippen LogP contribution >= 0.6 is 11.3 Å². The molecule has 0 aliphatic heterocycles. The lowest BCUT2D eigenvalue weighted by Gasteiger charge is -2.03. The molecule has 0 aliphatic carbocycles. The fourth-order valence-corrected chi connectivity index (χ4v) is 2.29. The van der Waals surface area contributed by atoms with Crippen LogP contribution in [0.2, 0.25) is 0 Å². The molecule has 3 N–H and O–H groups in total. The number of urea groups is 1. The Morgan fingerprint density at radius 3 is 2.75 bits per heavy atom. The summed E-state index contributed by atoms with van der Waals surface area (Å²) in [4.78, 5) is 26.6. The second-order valence-corrected chi connectivity index (χ2v) is 4.93. The van der Waals surface area contributed by atoms with E-state index >= 15 is 0 Å². The zero-order valence-corrected chi connectivity index (χ0v) is 11.4. The topological polar surface area (TPSA) is 117 Å². The van der Waals surface area contributed by atoms with Gasteiger partial charge in [0.05, 0.1) is 25.0 Å². The molecular weight excluding hydrogens is 284 g/mol. The number of aryl methyl sites for hydroxylation is 1. The van der Waals surface area contributed by atoms with Gasteiger partial charge in [0.1, 0.15) is 9.88 Å². The molecular formula is C11H12N4O4S. The van der Waals surface area contributed by atoms with Crippen LogP contribution in [0.25, 0.3) is 0 Å². The molecule has 0 radical (unpaired) electrons. The zero-order valence-electron chi connectivity index (χ0n) is 10.5. The van der Waals surface area contributed by atoms with E-state index in [2.05, 4.69) is 20.8 Å². The van der Waals surface area contributed by atoms with E-state index in [1.165, 1.54) is 6.20 Å². The Bertz CT molecular complexity index is 608. The third-order valence-electron chi connectivity index (χ3n) is 2.35. The molecule has 0 saturated carbocycles. The minimum absolute atomic E-state index is 0.168. The number of aromatic carboxylic acids is 1. The average Bonchev–Trinajstić information content (AvgIpc) is 3.03. The molecule has 2 heterocycles. The Labute approximate surface area is 117 Å². The highest BCUT2D eigenvalue weighted by Crippen LogP contribution is 2.17. The number of hydrogen-bond donors (Lipinski definition) is 3. The van der Waals surface area contributed by atoms with Crippen LogP contribution in [0.4, 0.5) is 4.79 Å². The van der Waals surface area contributed by atoms with E-state index in [1.807, 2.05) is 0 Å². The molecule has 106 valence electrons. The number of thiazole rings is 1. The quantitative estimate of drug-likeness (QED) is 0.761. The van der Waals surface area contributed by atoms with Gasteiger partial charge in [-0.25, -0.2) is 14.6 Å². The first kappa shape index (κ1) is 14.0. The Kier molecular flexibility index (Phi) is 4.31. The van der Waals surface area contributed by atoms with Crippen molar-refractivity contribution < 1.29 is 19.2 Å². The SMILES string of the molecule is Cc1nc(CNC(=O)NCc2ccno2)sc1C(=O)O. The smallest absolute Gasteiger partial charge is 0.347 e. The number of carboxylic acids is 1. The predicted molar refractivity (Wildman–Crippen MR) is 69.4 cm³/mol. The molecule has 2 aromatic heterocycles. The number of rotatable bonds is 5. The van der Waals surface area contributed by atoms with Gasteiger partial charge in [0.2, 0.25) is 0 Å². The number of nitrogens with one attached hydrogen (secondary N) is 2. The van der Waals surface area contributed by atoms with E-state index in [1.54, 1.807) is 13.0 Å². The maximum atomic E-state index is 11.5. The van der Waals surface area contributed by atoms with Crippen LogP contribution in [-0.2, 0) is 13.1 Å². The van der Waals surface area contributed by atoms with Gasteiger partial charge in [0.15, 0.2) is 5.76 Å². The summed E-state index contributed by atoms with van der Waals surface area (Å²) in [5, 5.41) is 18.1. The first-order chi connectivity index (χ1) is 9.56. The molecule has 2 aromatic rings. The van der Waals surface area contributed by atoms with Crippen molar-refractivity contribution in [2.45, 2.75) is 20.0 Å². The standard InChI is InChI=1S/C11H12N4O4S/c1-6-9(10(16)17)20-8(15-6)5-13-11(18)12-4-7-2-3-14-19-7/h2-3H,4-5H2,1H3,(H,16,17)(H2,12,13,18). The number of nitrogens with zero attached hydrogens (tertiary/aromatic N) is 2. The highest BCUT2D eigenvalue weighted by molar-refractivity contribution is 7.13. The number of aromatic nitrogens is 2. The summed E-state index contributed by atoms with van der Waals surface area (Å²) in [6, 6.07) is 1.25. The molecule has 2 rings (SSSR count). The Morgan fingerprint density at radius 1 is 1.40 bits per heavy atom. The summed E-state index contributed by atoms with van der Waals surface area (Å²) in [5.41, 5.74) is 0.446. The number of hydrogen-bond acceptors (Lipinski definition) is 6. The normalized spacial score (nSPS) is 10.2. The second-order valence-electron chi connectivity index (χ2n) is 3.84. The molecule has 2 amide bonds. The van der Waals surface area contributed by atoms with E-state index in [9.17, 15) is 9.59 Å². The molecule has 0 aromatic carbocycles. The highest BCUT2D eigenvalue weighted by atomic mass is 32.1. The summed E-state index contributed by atoms with van der Waals surface area (Å²) in [6.45, 7) is 2.01. The second kappa shape index (κ2) is 6.15.